The summed E-state index contributed by atoms with van der Waals surface area (Å²) in [7, 11) is 0. The second-order valence-corrected chi connectivity index (χ2v) is 4.37. The second kappa shape index (κ2) is 11.1. The lowest BCUT2D eigenvalue weighted by Crippen LogP contribution is -1.97. The van der Waals surface area contributed by atoms with Gasteiger partial charge in [0.25, 0.3) is 0 Å². The van der Waals surface area contributed by atoms with Crippen molar-refractivity contribution >= 4 is 0 Å². The van der Waals surface area contributed by atoms with E-state index >= 15 is 0 Å². The number of hydrogen-bond donors (Lipinski definition) is 0. The van der Waals surface area contributed by atoms with E-state index < -0.39 is 0 Å². The predicted molar refractivity (Wildman–Crippen MR) is 66.4 cm³/mol. The molecule has 0 saturated carbocycles. The van der Waals surface area contributed by atoms with E-state index in [1.54, 1.807) is 0 Å². The van der Waals surface area contributed by atoms with Gasteiger partial charge >= 0.3 is 0 Å². The lowest BCUT2D eigenvalue weighted by molar-refractivity contribution is 0.521. The van der Waals surface area contributed by atoms with Crippen molar-refractivity contribution in [1.82, 2.24) is 0 Å². The summed E-state index contributed by atoms with van der Waals surface area (Å²) in [5.74, 6) is 0.880. The van der Waals surface area contributed by atoms with Crippen LogP contribution in [0.25, 0.3) is 0 Å². The quantitative estimate of drug-likeness (QED) is 0.413. The topological polar surface area (TPSA) is 0 Å². The van der Waals surface area contributed by atoms with Gasteiger partial charge in [0.15, 0.2) is 0 Å². The molecule has 0 bridgehead atoms. The van der Waals surface area contributed by atoms with E-state index in [4.69, 9.17) is 0 Å². The molecule has 0 aliphatic heterocycles. The average Bonchev–Trinajstić information content (AvgIpc) is 2.22. The van der Waals surface area contributed by atoms with Crippen LogP contribution in [0.2, 0.25) is 0 Å². The Bertz CT molecular complexity index is 92.2. The van der Waals surface area contributed by atoms with Crippen molar-refractivity contribution in [2.45, 2.75) is 78.6 Å². The van der Waals surface area contributed by atoms with E-state index in [1.807, 2.05) is 0 Å². The molecular weight excluding hydrogens is 168 g/mol. The highest BCUT2D eigenvalue weighted by atomic mass is 14.1. The summed E-state index contributed by atoms with van der Waals surface area (Å²) in [5, 5.41) is 0. The van der Waals surface area contributed by atoms with E-state index in [0.717, 1.165) is 5.92 Å². The first-order valence-electron chi connectivity index (χ1n) is 6.68. The largest absolute Gasteiger partial charge is 0.0654 e. The summed E-state index contributed by atoms with van der Waals surface area (Å²) in [4.78, 5) is 0. The van der Waals surface area contributed by atoms with Crippen LogP contribution in [0.3, 0.4) is 0 Å². The molecule has 0 unspecified atom stereocenters. The summed E-state index contributed by atoms with van der Waals surface area (Å²) in [6.07, 6.45) is 15.1. The Kier molecular flexibility index (Phi) is 11.1. The van der Waals surface area contributed by atoms with Crippen LogP contribution in [0.4, 0.5) is 0 Å². The van der Waals surface area contributed by atoms with Crippen LogP contribution in [0.5, 0.6) is 0 Å². The number of rotatable bonds is 10. The van der Waals surface area contributed by atoms with Gasteiger partial charge in [-0.1, -0.05) is 72.1 Å². The van der Waals surface area contributed by atoms with Gasteiger partial charge in [0.2, 0.25) is 0 Å². The zero-order chi connectivity index (χ0) is 10.6. The van der Waals surface area contributed by atoms with Crippen LogP contribution in [0.15, 0.2) is 0 Å². The van der Waals surface area contributed by atoms with Crippen molar-refractivity contribution in [2.75, 3.05) is 0 Å². The van der Waals surface area contributed by atoms with Crippen LogP contribution < -0.4 is 0 Å². The third kappa shape index (κ3) is 8.59. The van der Waals surface area contributed by atoms with Crippen LogP contribution in [-0.2, 0) is 0 Å². The van der Waals surface area contributed by atoms with E-state index in [9.17, 15) is 0 Å². The Balaban J connectivity index is 3.04. The molecule has 0 heteroatoms. The maximum Gasteiger partial charge on any atom is -0.0355 e. The maximum absolute atomic E-state index is 2.54. The van der Waals surface area contributed by atoms with Gasteiger partial charge in [0.1, 0.15) is 0 Å². The Hall–Kier alpha value is 0. The molecular formula is C14H29. The van der Waals surface area contributed by atoms with Gasteiger partial charge in [-0.2, -0.15) is 0 Å². The lowest BCUT2D eigenvalue weighted by atomic mass is 9.96. The van der Waals surface area contributed by atoms with E-state index in [-0.39, 0.29) is 0 Å². The summed E-state index contributed by atoms with van der Waals surface area (Å²) in [6.45, 7) is 6.87. The first-order valence-corrected chi connectivity index (χ1v) is 6.68. The summed E-state index contributed by atoms with van der Waals surface area (Å²) in [5.41, 5.74) is 0. The first-order chi connectivity index (χ1) is 6.85. The smallest absolute Gasteiger partial charge is 0.0355 e. The molecule has 0 N–H and O–H groups in total. The fourth-order valence-corrected chi connectivity index (χ4v) is 1.90. The molecule has 85 valence electrons. The predicted octanol–water partition coefficient (Wildman–Crippen LogP) is 5.38. The van der Waals surface area contributed by atoms with Crippen molar-refractivity contribution in [3.8, 4) is 0 Å². The molecule has 1 radical (unpaired) electrons. The fraction of sp³-hybridized carbons (Fsp3) is 0.929. The first kappa shape index (κ1) is 14.0. The number of hydrogen-bond acceptors (Lipinski definition) is 0. The minimum Gasteiger partial charge on any atom is -0.0654 e. The van der Waals surface area contributed by atoms with E-state index in [0.29, 0.717) is 0 Å². The molecule has 0 aromatic rings. The standard InChI is InChI=1S/C14H29/c1-4-7-8-9-10-11-12-13-14(5-2)6-3/h13-14H,4-12H2,1-3H3. The van der Waals surface area contributed by atoms with E-state index in [1.165, 1.54) is 57.8 Å². The monoisotopic (exact) mass is 197 g/mol. The van der Waals surface area contributed by atoms with Crippen molar-refractivity contribution in [3.63, 3.8) is 0 Å². The summed E-state index contributed by atoms with van der Waals surface area (Å²) >= 11 is 0. The highest BCUT2D eigenvalue weighted by Gasteiger charge is 2.02. The zero-order valence-corrected chi connectivity index (χ0v) is 10.5. The molecule has 0 aromatic heterocycles. The van der Waals surface area contributed by atoms with Crippen molar-refractivity contribution in [1.29, 1.82) is 0 Å². The molecule has 14 heavy (non-hydrogen) atoms. The van der Waals surface area contributed by atoms with Crippen molar-refractivity contribution in [2.24, 2.45) is 5.92 Å². The van der Waals surface area contributed by atoms with Gasteiger partial charge in [0, 0.05) is 0 Å². The Morgan fingerprint density at radius 2 is 1.36 bits per heavy atom. The van der Waals surface area contributed by atoms with Gasteiger partial charge in [-0.05, 0) is 18.8 Å². The minimum absolute atomic E-state index is 0.880. The minimum atomic E-state index is 0.880. The molecule has 0 aliphatic carbocycles. The summed E-state index contributed by atoms with van der Waals surface area (Å²) in [6, 6.07) is 0. The molecule has 0 spiro atoms. The molecule has 0 atom stereocenters. The highest BCUT2D eigenvalue weighted by molar-refractivity contribution is 4.73. The molecule has 0 fully saturated rings. The van der Waals surface area contributed by atoms with E-state index in [2.05, 4.69) is 27.2 Å². The van der Waals surface area contributed by atoms with Crippen LogP contribution >= 0.6 is 0 Å². The Morgan fingerprint density at radius 3 is 1.93 bits per heavy atom. The van der Waals surface area contributed by atoms with Crippen molar-refractivity contribution < 1.29 is 0 Å². The molecule has 0 saturated heterocycles. The molecule has 0 aromatic carbocycles. The average molecular weight is 197 g/mol. The van der Waals surface area contributed by atoms with Crippen LogP contribution in [0.1, 0.15) is 78.6 Å². The molecule has 0 amide bonds. The van der Waals surface area contributed by atoms with Gasteiger partial charge in [-0.25, -0.2) is 0 Å². The lowest BCUT2D eigenvalue weighted by Gasteiger charge is -2.10. The molecule has 0 aliphatic rings. The zero-order valence-electron chi connectivity index (χ0n) is 10.5. The normalized spacial score (nSPS) is 11.1. The Labute approximate surface area is 91.5 Å². The van der Waals surface area contributed by atoms with Gasteiger partial charge < -0.3 is 0 Å². The fourth-order valence-electron chi connectivity index (χ4n) is 1.90. The Morgan fingerprint density at radius 1 is 0.786 bits per heavy atom. The SMILES string of the molecule is CCCCCCCC[CH]C(CC)CC. The molecule has 0 rings (SSSR count). The van der Waals surface area contributed by atoms with Crippen molar-refractivity contribution in [3.05, 3.63) is 6.42 Å². The third-order valence-electron chi connectivity index (χ3n) is 3.11. The second-order valence-electron chi connectivity index (χ2n) is 4.37. The van der Waals surface area contributed by atoms with Gasteiger partial charge in [0.05, 0.1) is 0 Å². The molecule has 0 heterocycles. The van der Waals surface area contributed by atoms with Gasteiger partial charge in [-0.15, -0.1) is 0 Å². The summed E-state index contributed by atoms with van der Waals surface area (Å²) < 4.78 is 0. The number of unbranched alkanes of at least 4 members (excludes halogenated alkanes) is 6. The van der Waals surface area contributed by atoms with Crippen LogP contribution in [0, 0.1) is 12.3 Å². The molecule has 0 nitrogen and oxygen atoms in total. The van der Waals surface area contributed by atoms with Gasteiger partial charge in [-0.3, -0.25) is 0 Å². The third-order valence-corrected chi connectivity index (χ3v) is 3.11. The maximum atomic E-state index is 2.54. The van der Waals surface area contributed by atoms with Crippen LogP contribution in [-0.4, -0.2) is 0 Å². The highest BCUT2D eigenvalue weighted by Crippen LogP contribution is 2.16.